The van der Waals surface area contributed by atoms with Crippen molar-refractivity contribution in [2.75, 3.05) is 13.7 Å². The highest BCUT2D eigenvalue weighted by Gasteiger charge is 2.68. The van der Waals surface area contributed by atoms with Gasteiger partial charge in [-0.25, -0.2) is 4.79 Å². The molecule has 0 aliphatic heterocycles. The van der Waals surface area contributed by atoms with Crippen molar-refractivity contribution in [2.45, 2.75) is 89.4 Å². The second kappa shape index (κ2) is 12.2. The molecule has 10 nitrogen and oxygen atoms in total. The molecule has 0 radical (unpaired) electrons. The Morgan fingerprint density at radius 3 is 2.48 bits per heavy atom. The molecule has 0 heterocycles. The molecular weight excluding hydrogens is 566 g/mol. The molecule has 3 fully saturated rings. The molecular formula is C34H43NO9. The fourth-order valence-corrected chi connectivity index (χ4v) is 8.98. The number of Topliss-reactive ketones (excluding diaryl/α,β-unsaturated/α-hetero) is 1. The minimum atomic E-state index is -1.76. The smallest absolute Gasteiger partial charge is 0.333 e. The number of allylic oxidation sites excluding steroid dienone is 1. The fourth-order valence-electron chi connectivity index (χ4n) is 8.98. The van der Waals surface area contributed by atoms with Crippen molar-refractivity contribution in [1.29, 1.82) is 0 Å². The van der Waals surface area contributed by atoms with Gasteiger partial charge in [0.05, 0.1) is 19.6 Å². The summed E-state index contributed by atoms with van der Waals surface area (Å²) in [6, 6.07) is 7.54. The maximum Gasteiger partial charge on any atom is 0.333 e. The van der Waals surface area contributed by atoms with Crippen LogP contribution in [0, 0.1) is 28.6 Å². The van der Waals surface area contributed by atoms with Gasteiger partial charge in [-0.15, -0.1) is 0 Å². The van der Waals surface area contributed by atoms with E-state index in [0.717, 1.165) is 18.4 Å². The van der Waals surface area contributed by atoms with E-state index in [-0.39, 0.29) is 54.6 Å². The SMILES string of the molecule is COC(=O)[C@H](NC(=O)CCC(=O)OCC(=O)[C@@]1(O)CC[C@H]2[C@@H]3CCC4=CC(=O)CC[C@]4(C)[C@H]3[C@H](O)C[C@@]21C)c1ccccc1. The highest BCUT2D eigenvalue weighted by atomic mass is 16.5. The first-order valence-corrected chi connectivity index (χ1v) is 15.6. The van der Waals surface area contributed by atoms with Gasteiger partial charge in [0.15, 0.2) is 18.4 Å². The summed E-state index contributed by atoms with van der Waals surface area (Å²) in [6.45, 7) is 3.39. The number of nitrogens with one attached hydrogen (secondary N) is 1. The van der Waals surface area contributed by atoms with Crippen LogP contribution in [0.4, 0.5) is 0 Å². The van der Waals surface area contributed by atoms with Crippen LogP contribution in [0.2, 0.25) is 0 Å². The van der Waals surface area contributed by atoms with Gasteiger partial charge in [0.1, 0.15) is 5.60 Å². The zero-order valence-corrected chi connectivity index (χ0v) is 25.7. The van der Waals surface area contributed by atoms with Crippen LogP contribution in [-0.4, -0.2) is 65.0 Å². The van der Waals surface area contributed by atoms with Gasteiger partial charge in [-0.3, -0.25) is 19.2 Å². The Hall–Kier alpha value is -3.37. The van der Waals surface area contributed by atoms with Gasteiger partial charge in [0.25, 0.3) is 0 Å². The van der Waals surface area contributed by atoms with Crippen LogP contribution in [0.25, 0.3) is 0 Å². The molecule has 0 unspecified atom stereocenters. The molecule has 1 aromatic carbocycles. The molecule has 0 bridgehead atoms. The second-order valence-electron chi connectivity index (χ2n) is 13.5. The minimum Gasteiger partial charge on any atom is -0.467 e. The Morgan fingerprint density at radius 2 is 1.77 bits per heavy atom. The van der Waals surface area contributed by atoms with Gasteiger partial charge in [-0.05, 0) is 73.3 Å². The topological polar surface area (TPSA) is 156 Å². The number of hydrogen-bond donors (Lipinski definition) is 3. The molecule has 10 heteroatoms. The van der Waals surface area contributed by atoms with Crippen molar-refractivity contribution in [2.24, 2.45) is 28.6 Å². The van der Waals surface area contributed by atoms with Crippen molar-refractivity contribution < 1.29 is 43.7 Å². The Balaban J connectivity index is 1.18. The molecule has 1 amide bonds. The summed E-state index contributed by atoms with van der Waals surface area (Å²) in [4.78, 5) is 62.9. The van der Waals surface area contributed by atoms with E-state index in [2.05, 4.69) is 12.2 Å². The quantitative estimate of drug-likeness (QED) is 0.358. The van der Waals surface area contributed by atoms with Crippen molar-refractivity contribution in [3.05, 3.63) is 47.5 Å². The first kappa shape index (κ1) is 32.0. The van der Waals surface area contributed by atoms with Gasteiger partial charge in [0.2, 0.25) is 11.7 Å². The average molecular weight is 610 g/mol. The molecule has 8 atom stereocenters. The van der Waals surface area contributed by atoms with E-state index < -0.39 is 53.4 Å². The number of rotatable bonds is 9. The third-order valence-corrected chi connectivity index (χ3v) is 11.3. The number of ketones is 2. The highest BCUT2D eigenvalue weighted by molar-refractivity contribution is 5.92. The number of esters is 2. The lowest BCUT2D eigenvalue weighted by Crippen LogP contribution is -2.62. The highest BCUT2D eigenvalue weighted by Crippen LogP contribution is 2.67. The van der Waals surface area contributed by atoms with Gasteiger partial charge in [-0.1, -0.05) is 49.8 Å². The number of methoxy groups -OCH3 is 1. The number of benzene rings is 1. The van der Waals surface area contributed by atoms with E-state index in [1.807, 2.05) is 6.92 Å². The molecule has 4 aliphatic rings. The number of carbonyl (C=O) groups is 5. The molecule has 4 aliphatic carbocycles. The largest absolute Gasteiger partial charge is 0.467 e. The second-order valence-corrected chi connectivity index (χ2v) is 13.5. The van der Waals surface area contributed by atoms with Gasteiger partial charge >= 0.3 is 11.9 Å². The number of aliphatic hydroxyl groups is 2. The zero-order chi connectivity index (χ0) is 31.9. The van der Waals surface area contributed by atoms with Crippen LogP contribution in [-0.2, 0) is 33.4 Å². The minimum absolute atomic E-state index is 0.00706. The summed E-state index contributed by atoms with van der Waals surface area (Å²) in [7, 11) is 1.22. The lowest BCUT2D eigenvalue weighted by molar-refractivity contribution is -0.184. The van der Waals surface area contributed by atoms with Gasteiger partial charge in [-0.2, -0.15) is 0 Å². The summed E-state index contributed by atoms with van der Waals surface area (Å²) in [5, 5.41) is 26.0. The number of ether oxygens (including phenoxy) is 2. The number of amides is 1. The Kier molecular flexibility index (Phi) is 8.88. The van der Waals surface area contributed by atoms with E-state index in [9.17, 15) is 34.2 Å². The van der Waals surface area contributed by atoms with Crippen molar-refractivity contribution in [3.8, 4) is 0 Å². The maximum absolute atomic E-state index is 13.5. The summed E-state index contributed by atoms with van der Waals surface area (Å²) >= 11 is 0. The van der Waals surface area contributed by atoms with E-state index in [0.29, 0.717) is 24.8 Å². The third-order valence-electron chi connectivity index (χ3n) is 11.3. The molecule has 44 heavy (non-hydrogen) atoms. The number of fused-ring (bicyclic) bond motifs is 5. The zero-order valence-electron chi connectivity index (χ0n) is 25.7. The van der Waals surface area contributed by atoms with E-state index in [1.165, 1.54) is 7.11 Å². The average Bonchev–Trinajstić information content (AvgIpc) is 3.28. The van der Waals surface area contributed by atoms with E-state index in [4.69, 9.17) is 9.47 Å². The van der Waals surface area contributed by atoms with Crippen molar-refractivity contribution >= 4 is 29.4 Å². The summed E-state index contributed by atoms with van der Waals surface area (Å²) < 4.78 is 10.0. The summed E-state index contributed by atoms with van der Waals surface area (Å²) in [6.07, 6.45) is 4.25. The van der Waals surface area contributed by atoms with E-state index in [1.54, 1.807) is 36.4 Å². The van der Waals surface area contributed by atoms with Crippen LogP contribution in [0.15, 0.2) is 42.0 Å². The first-order valence-electron chi connectivity index (χ1n) is 15.6. The maximum atomic E-state index is 13.5. The monoisotopic (exact) mass is 609 g/mol. The number of carbonyl (C=O) groups excluding carboxylic acids is 5. The van der Waals surface area contributed by atoms with Crippen LogP contribution >= 0.6 is 0 Å². The normalized spacial score (nSPS) is 34.8. The molecule has 3 N–H and O–H groups in total. The lowest BCUT2D eigenvalue weighted by atomic mass is 9.45. The van der Waals surface area contributed by atoms with Crippen LogP contribution in [0.1, 0.15) is 83.2 Å². The van der Waals surface area contributed by atoms with Crippen molar-refractivity contribution in [1.82, 2.24) is 5.32 Å². The molecule has 0 spiro atoms. The van der Waals surface area contributed by atoms with Gasteiger partial charge < -0.3 is 25.0 Å². The number of hydrogen-bond acceptors (Lipinski definition) is 9. The van der Waals surface area contributed by atoms with Crippen molar-refractivity contribution in [3.63, 3.8) is 0 Å². The predicted molar refractivity (Wildman–Crippen MR) is 158 cm³/mol. The van der Waals surface area contributed by atoms with Gasteiger partial charge in [0, 0.05) is 18.3 Å². The summed E-state index contributed by atoms with van der Waals surface area (Å²) in [5.41, 5.74) is -1.28. The fraction of sp³-hybridized carbons (Fsp3) is 0.618. The lowest BCUT2D eigenvalue weighted by Gasteiger charge is -2.60. The Labute approximate surface area is 257 Å². The van der Waals surface area contributed by atoms with E-state index >= 15 is 0 Å². The summed E-state index contributed by atoms with van der Waals surface area (Å²) in [5.74, 6) is -2.39. The molecule has 1 aromatic rings. The van der Waals surface area contributed by atoms with Crippen LogP contribution < -0.4 is 5.32 Å². The Bertz CT molecular complexity index is 1360. The van der Waals surface area contributed by atoms with Crippen LogP contribution in [0.5, 0.6) is 0 Å². The third kappa shape index (κ3) is 5.51. The first-order chi connectivity index (χ1) is 20.8. The molecule has 0 saturated heterocycles. The number of aliphatic hydroxyl groups excluding tert-OH is 1. The Morgan fingerprint density at radius 1 is 1.05 bits per heavy atom. The standard InChI is InChI=1S/C34H43NO9/c1-32-15-13-22(36)17-21(32)9-10-23-24-14-16-34(42,33(24,2)18-25(37)29(23)32)26(38)19-44-28(40)12-11-27(39)35-30(31(41)43-3)20-7-5-4-6-8-20/h4-8,17,23-25,29-30,37,42H,9-16,18-19H2,1-3H3,(H,35,39)/t23-,24-,25+,29+,30+,32-,33-,34-/m0/s1. The molecule has 5 rings (SSSR count). The molecule has 238 valence electrons. The predicted octanol–water partition coefficient (Wildman–Crippen LogP) is 3.14. The molecule has 0 aromatic heterocycles. The van der Waals surface area contributed by atoms with Crippen LogP contribution in [0.3, 0.4) is 0 Å². The molecule has 3 saturated carbocycles.